The highest BCUT2D eigenvalue weighted by atomic mass is 16.5. The van der Waals surface area contributed by atoms with Gasteiger partial charge in [0, 0.05) is 38.8 Å². The fourth-order valence-corrected chi connectivity index (χ4v) is 3.92. The van der Waals surface area contributed by atoms with Crippen molar-refractivity contribution in [2.45, 2.75) is 6.42 Å². The molecular weight excluding hydrogens is 354 g/mol. The molecule has 6 nitrogen and oxygen atoms in total. The van der Waals surface area contributed by atoms with E-state index in [1.807, 2.05) is 54.6 Å². The van der Waals surface area contributed by atoms with Gasteiger partial charge in [-0.3, -0.25) is 9.59 Å². The van der Waals surface area contributed by atoms with Crippen LogP contribution in [0, 0.1) is 5.92 Å². The molecular formula is C22H25N3O3. The molecule has 1 atom stereocenters. The first kappa shape index (κ1) is 18.5. The number of hydrogen-bond acceptors (Lipinski definition) is 4. The lowest BCUT2D eigenvalue weighted by Crippen LogP contribution is -2.38. The topological polar surface area (TPSA) is 53.1 Å². The molecule has 0 aliphatic carbocycles. The predicted molar refractivity (Wildman–Crippen MR) is 110 cm³/mol. The fourth-order valence-electron chi connectivity index (χ4n) is 3.92. The number of hydrogen-bond donors (Lipinski definition) is 0. The molecule has 0 radical (unpaired) electrons. The largest absolute Gasteiger partial charge is 0.378 e. The van der Waals surface area contributed by atoms with E-state index in [-0.39, 0.29) is 24.2 Å². The lowest BCUT2D eigenvalue weighted by Gasteiger charge is -2.32. The number of para-hydroxylation sites is 3. The van der Waals surface area contributed by atoms with Crippen molar-refractivity contribution in [2.24, 2.45) is 5.92 Å². The Labute approximate surface area is 165 Å². The number of carbonyl (C=O) groups excluding carboxylic acids is 2. The Kier molecular flexibility index (Phi) is 5.30. The summed E-state index contributed by atoms with van der Waals surface area (Å²) in [6.45, 7) is 3.39. The van der Waals surface area contributed by atoms with Gasteiger partial charge in [-0.2, -0.15) is 0 Å². The molecule has 0 spiro atoms. The van der Waals surface area contributed by atoms with Gasteiger partial charge in [-0.05, 0) is 24.3 Å². The Hall–Kier alpha value is -2.86. The van der Waals surface area contributed by atoms with E-state index in [2.05, 4.69) is 4.90 Å². The van der Waals surface area contributed by atoms with Crippen LogP contribution in [-0.4, -0.2) is 51.7 Å². The number of nitrogens with zero attached hydrogens (tertiary/aromatic N) is 3. The number of ether oxygens (including phenoxy) is 1. The molecule has 0 bridgehead atoms. The summed E-state index contributed by atoms with van der Waals surface area (Å²) in [5.41, 5.74) is 2.75. The summed E-state index contributed by atoms with van der Waals surface area (Å²) >= 11 is 0. The highest BCUT2D eigenvalue weighted by Gasteiger charge is 2.38. The lowest BCUT2D eigenvalue weighted by atomic mass is 10.1. The lowest BCUT2D eigenvalue weighted by molar-refractivity contribution is -0.124. The van der Waals surface area contributed by atoms with Crippen molar-refractivity contribution >= 4 is 28.9 Å². The van der Waals surface area contributed by atoms with Crippen LogP contribution in [0.4, 0.5) is 17.1 Å². The second-order valence-corrected chi connectivity index (χ2v) is 7.23. The SMILES string of the molecule is CN(C(=O)C1CC(=O)N(c2ccccc2N2CCOCC2)C1)c1ccccc1. The van der Waals surface area contributed by atoms with Crippen LogP contribution in [0.25, 0.3) is 0 Å². The zero-order valence-electron chi connectivity index (χ0n) is 16.1. The van der Waals surface area contributed by atoms with Crippen LogP contribution in [0.2, 0.25) is 0 Å². The summed E-state index contributed by atoms with van der Waals surface area (Å²) in [5, 5.41) is 0. The third-order valence-corrected chi connectivity index (χ3v) is 5.47. The van der Waals surface area contributed by atoms with Crippen molar-refractivity contribution in [1.29, 1.82) is 0 Å². The van der Waals surface area contributed by atoms with Gasteiger partial charge in [-0.15, -0.1) is 0 Å². The fraction of sp³-hybridized carbons (Fsp3) is 0.364. The van der Waals surface area contributed by atoms with Gasteiger partial charge < -0.3 is 19.4 Å². The van der Waals surface area contributed by atoms with Crippen LogP contribution < -0.4 is 14.7 Å². The van der Waals surface area contributed by atoms with Crippen LogP contribution in [0.1, 0.15) is 6.42 Å². The molecule has 2 amide bonds. The molecule has 2 saturated heterocycles. The Morgan fingerprint density at radius 3 is 2.36 bits per heavy atom. The molecule has 0 N–H and O–H groups in total. The first-order chi connectivity index (χ1) is 13.6. The quantitative estimate of drug-likeness (QED) is 0.819. The minimum Gasteiger partial charge on any atom is -0.378 e. The molecule has 2 aliphatic rings. The molecule has 28 heavy (non-hydrogen) atoms. The van der Waals surface area contributed by atoms with Gasteiger partial charge in [0.1, 0.15) is 0 Å². The maximum Gasteiger partial charge on any atom is 0.232 e. The normalized spacial score (nSPS) is 19.8. The first-order valence-corrected chi connectivity index (χ1v) is 9.70. The van der Waals surface area contributed by atoms with Crippen molar-refractivity contribution in [1.82, 2.24) is 0 Å². The van der Waals surface area contributed by atoms with Crippen molar-refractivity contribution in [3.8, 4) is 0 Å². The maximum atomic E-state index is 13.0. The van der Waals surface area contributed by atoms with Gasteiger partial charge in [-0.25, -0.2) is 0 Å². The number of benzene rings is 2. The Morgan fingerprint density at radius 1 is 1.00 bits per heavy atom. The summed E-state index contributed by atoms with van der Waals surface area (Å²) < 4.78 is 5.45. The molecule has 2 fully saturated rings. The van der Waals surface area contributed by atoms with Crippen LogP contribution in [0.15, 0.2) is 54.6 Å². The van der Waals surface area contributed by atoms with Crippen LogP contribution in [0.5, 0.6) is 0 Å². The molecule has 0 saturated carbocycles. The van der Waals surface area contributed by atoms with Crippen LogP contribution >= 0.6 is 0 Å². The van der Waals surface area contributed by atoms with Crippen LogP contribution in [-0.2, 0) is 14.3 Å². The summed E-state index contributed by atoms with van der Waals surface area (Å²) in [6, 6.07) is 17.5. The number of rotatable bonds is 4. The van der Waals surface area contributed by atoms with Crippen molar-refractivity contribution in [3.63, 3.8) is 0 Å². The number of anilines is 3. The highest BCUT2D eigenvalue weighted by Crippen LogP contribution is 2.34. The molecule has 2 heterocycles. The standard InChI is InChI=1S/C22H25N3O3/c1-23(18-7-3-2-4-8-18)22(27)17-15-21(26)25(16-17)20-10-6-5-9-19(20)24-11-13-28-14-12-24/h2-10,17H,11-16H2,1H3. The molecule has 2 aromatic carbocycles. The third kappa shape index (κ3) is 3.60. The molecule has 2 aromatic rings. The van der Waals surface area contributed by atoms with Gasteiger partial charge in [0.25, 0.3) is 0 Å². The average Bonchev–Trinajstić information content (AvgIpc) is 3.15. The van der Waals surface area contributed by atoms with E-state index in [4.69, 9.17) is 4.74 Å². The van der Waals surface area contributed by atoms with Gasteiger partial charge in [0.05, 0.1) is 30.5 Å². The van der Waals surface area contributed by atoms with E-state index >= 15 is 0 Å². The summed E-state index contributed by atoms with van der Waals surface area (Å²) in [6.07, 6.45) is 0.244. The van der Waals surface area contributed by atoms with E-state index in [9.17, 15) is 9.59 Å². The monoisotopic (exact) mass is 379 g/mol. The van der Waals surface area contributed by atoms with Gasteiger partial charge >= 0.3 is 0 Å². The van der Waals surface area contributed by atoms with E-state index < -0.39 is 0 Å². The Morgan fingerprint density at radius 2 is 1.64 bits per heavy atom. The number of carbonyl (C=O) groups is 2. The number of morpholine rings is 1. The molecule has 1 unspecified atom stereocenters. The zero-order chi connectivity index (χ0) is 19.5. The zero-order valence-corrected chi connectivity index (χ0v) is 16.1. The maximum absolute atomic E-state index is 13.0. The Bertz CT molecular complexity index is 849. The first-order valence-electron chi connectivity index (χ1n) is 9.70. The van der Waals surface area contributed by atoms with E-state index in [0.717, 1.165) is 30.2 Å². The minimum absolute atomic E-state index is 0.000483. The molecule has 0 aromatic heterocycles. The van der Waals surface area contributed by atoms with Crippen molar-refractivity contribution in [2.75, 3.05) is 54.6 Å². The summed E-state index contributed by atoms with van der Waals surface area (Å²) in [4.78, 5) is 31.4. The molecule has 4 rings (SSSR count). The molecule has 146 valence electrons. The summed E-state index contributed by atoms with van der Waals surface area (Å²) in [7, 11) is 1.77. The molecule has 2 aliphatic heterocycles. The second kappa shape index (κ2) is 8.02. The van der Waals surface area contributed by atoms with Gasteiger partial charge in [-0.1, -0.05) is 30.3 Å². The van der Waals surface area contributed by atoms with Gasteiger partial charge in [0.15, 0.2) is 0 Å². The van der Waals surface area contributed by atoms with E-state index in [1.165, 1.54) is 0 Å². The predicted octanol–water partition coefficient (Wildman–Crippen LogP) is 2.54. The summed E-state index contributed by atoms with van der Waals surface area (Å²) in [5.74, 6) is -0.359. The van der Waals surface area contributed by atoms with E-state index in [1.54, 1.807) is 16.8 Å². The Balaban J connectivity index is 1.53. The number of amides is 2. The van der Waals surface area contributed by atoms with E-state index in [0.29, 0.717) is 19.8 Å². The average molecular weight is 379 g/mol. The van der Waals surface area contributed by atoms with Crippen molar-refractivity contribution in [3.05, 3.63) is 54.6 Å². The smallest absolute Gasteiger partial charge is 0.232 e. The van der Waals surface area contributed by atoms with Crippen LogP contribution in [0.3, 0.4) is 0 Å². The third-order valence-electron chi connectivity index (χ3n) is 5.47. The molecule has 6 heteroatoms. The highest BCUT2D eigenvalue weighted by molar-refractivity contribution is 6.05. The second-order valence-electron chi connectivity index (χ2n) is 7.23. The van der Waals surface area contributed by atoms with Crippen molar-refractivity contribution < 1.29 is 14.3 Å². The van der Waals surface area contributed by atoms with Gasteiger partial charge in [0.2, 0.25) is 11.8 Å². The minimum atomic E-state index is -0.338.